The van der Waals surface area contributed by atoms with Gasteiger partial charge in [-0.25, -0.2) is 4.99 Å². The van der Waals surface area contributed by atoms with Crippen molar-refractivity contribution in [1.29, 1.82) is 0 Å². The molecule has 2 aromatic carbocycles. The summed E-state index contributed by atoms with van der Waals surface area (Å²) in [5, 5.41) is 0. The number of hydrogen-bond donors (Lipinski definition) is 0. The summed E-state index contributed by atoms with van der Waals surface area (Å²) in [6.07, 6.45) is 3.03. The van der Waals surface area contributed by atoms with Crippen LogP contribution in [0.15, 0.2) is 59.6 Å². The normalized spacial score (nSPS) is 11.6. The number of amides is 1. The fourth-order valence-corrected chi connectivity index (χ4v) is 2.88. The zero-order valence-corrected chi connectivity index (χ0v) is 21.1. The van der Waals surface area contributed by atoms with E-state index in [0.717, 1.165) is 47.8 Å². The molecule has 6 nitrogen and oxygen atoms in total. The summed E-state index contributed by atoms with van der Waals surface area (Å²) in [5.74, 6) is 1.33. The molecule has 0 saturated carbocycles. The van der Waals surface area contributed by atoms with Crippen LogP contribution in [0.5, 0.6) is 11.5 Å². The van der Waals surface area contributed by atoms with Crippen molar-refractivity contribution in [3.05, 3.63) is 65.7 Å². The van der Waals surface area contributed by atoms with Crippen molar-refractivity contribution in [3.63, 3.8) is 0 Å². The number of rotatable bonds is 10. The molecule has 0 radical (unpaired) electrons. The third-order valence-electron chi connectivity index (χ3n) is 4.53. The van der Waals surface area contributed by atoms with Crippen molar-refractivity contribution in [3.8, 4) is 11.5 Å². The lowest BCUT2D eigenvalue weighted by Gasteiger charge is -2.12. The lowest BCUT2D eigenvalue weighted by molar-refractivity contribution is -0.115. The third kappa shape index (κ3) is 10.9. The lowest BCUT2D eigenvalue weighted by Crippen LogP contribution is -2.19. The monoisotopic (exact) mass is 454 g/mol. The summed E-state index contributed by atoms with van der Waals surface area (Å²) in [6, 6.07) is 15.4. The quantitative estimate of drug-likeness (QED) is 0.467. The predicted octanol–water partition coefficient (Wildman–Crippen LogP) is 5.12. The van der Waals surface area contributed by atoms with Gasteiger partial charge in [0.15, 0.2) is 0 Å². The number of para-hydroxylation sites is 1. The minimum Gasteiger partial charge on any atom is -0.496 e. The van der Waals surface area contributed by atoms with Crippen LogP contribution in [-0.2, 0) is 9.53 Å². The number of nitrogens with zero attached hydrogens (tertiary/aromatic N) is 2. The van der Waals surface area contributed by atoms with Gasteiger partial charge in [0.25, 0.3) is 0 Å². The van der Waals surface area contributed by atoms with Gasteiger partial charge >= 0.3 is 0 Å². The maximum absolute atomic E-state index is 11.7. The molecule has 6 heteroatoms. The third-order valence-corrected chi connectivity index (χ3v) is 4.53. The lowest BCUT2D eigenvalue weighted by atomic mass is 10.0. The number of aliphatic imine (C=N–C) groups is 1. The molecule has 0 bridgehead atoms. The van der Waals surface area contributed by atoms with E-state index in [9.17, 15) is 4.79 Å². The molecule has 180 valence electrons. The van der Waals surface area contributed by atoms with Crippen LogP contribution < -0.4 is 9.47 Å². The van der Waals surface area contributed by atoms with Crippen LogP contribution >= 0.6 is 0 Å². The molecule has 0 aromatic heterocycles. The van der Waals surface area contributed by atoms with Crippen molar-refractivity contribution in [1.82, 2.24) is 4.90 Å². The molecule has 33 heavy (non-hydrogen) atoms. The van der Waals surface area contributed by atoms with Crippen LogP contribution in [0.4, 0.5) is 0 Å². The van der Waals surface area contributed by atoms with E-state index >= 15 is 0 Å². The average Bonchev–Trinajstić information content (AvgIpc) is 2.79. The summed E-state index contributed by atoms with van der Waals surface area (Å²) in [6.45, 7) is 7.87. The van der Waals surface area contributed by atoms with E-state index < -0.39 is 0 Å². The first kappa shape index (κ1) is 28.1. The Morgan fingerprint density at radius 3 is 2.18 bits per heavy atom. The van der Waals surface area contributed by atoms with E-state index in [2.05, 4.69) is 16.8 Å². The molecule has 2 aromatic rings. The minimum absolute atomic E-state index is 0.245. The van der Waals surface area contributed by atoms with Gasteiger partial charge in [0.1, 0.15) is 18.1 Å². The van der Waals surface area contributed by atoms with Crippen molar-refractivity contribution < 1.29 is 19.0 Å². The van der Waals surface area contributed by atoms with Gasteiger partial charge in [-0.15, -0.1) is 0 Å². The van der Waals surface area contributed by atoms with E-state index in [1.807, 2.05) is 75.6 Å². The van der Waals surface area contributed by atoms with Crippen molar-refractivity contribution >= 4 is 17.2 Å². The first-order valence-corrected chi connectivity index (χ1v) is 11.1. The molecule has 0 spiro atoms. The second-order valence-corrected chi connectivity index (χ2v) is 7.71. The molecule has 0 fully saturated rings. The van der Waals surface area contributed by atoms with Crippen LogP contribution in [0.3, 0.4) is 0 Å². The highest BCUT2D eigenvalue weighted by Gasteiger charge is 2.08. The summed E-state index contributed by atoms with van der Waals surface area (Å²) < 4.78 is 15.9. The fourth-order valence-electron chi connectivity index (χ4n) is 2.88. The molecule has 0 N–H and O–H groups in total. The molecule has 1 amide bonds. The summed E-state index contributed by atoms with van der Waals surface area (Å²) in [5.41, 5.74) is 3.38. The molecule has 0 atom stereocenters. The number of hydrogen-bond acceptors (Lipinski definition) is 5. The summed E-state index contributed by atoms with van der Waals surface area (Å²) in [7, 11) is 7.37. The Balaban J connectivity index is 0.000000981. The van der Waals surface area contributed by atoms with E-state index in [4.69, 9.17) is 14.2 Å². The van der Waals surface area contributed by atoms with Crippen LogP contribution in [0, 0.1) is 0 Å². The van der Waals surface area contributed by atoms with Gasteiger partial charge in [-0.2, -0.15) is 0 Å². The second-order valence-electron chi connectivity index (χ2n) is 7.71. The van der Waals surface area contributed by atoms with E-state index in [0.29, 0.717) is 12.3 Å². The van der Waals surface area contributed by atoms with Crippen LogP contribution in [0.25, 0.3) is 5.57 Å². The number of methoxy groups -OCH3 is 2. The SMILES string of the molecule is CCCOC.COc1ccccc1/C(C)=C/C(=NC(C)=O)c1ccc(OCCN(C)C)cc1. The highest BCUT2D eigenvalue weighted by atomic mass is 16.5. The van der Waals surface area contributed by atoms with Crippen LogP contribution in [-0.4, -0.2) is 64.6 Å². The molecule has 0 aliphatic rings. The van der Waals surface area contributed by atoms with Gasteiger partial charge in [-0.1, -0.05) is 25.1 Å². The van der Waals surface area contributed by atoms with E-state index in [1.54, 1.807) is 14.2 Å². The minimum atomic E-state index is -0.245. The van der Waals surface area contributed by atoms with Crippen molar-refractivity contribution in [2.45, 2.75) is 27.2 Å². The Kier molecular flexibility index (Phi) is 13.4. The number of carbonyl (C=O) groups excluding carboxylic acids is 1. The topological polar surface area (TPSA) is 60.4 Å². The second kappa shape index (κ2) is 15.8. The average molecular weight is 455 g/mol. The predicted molar refractivity (Wildman–Crippen MR) is 137 cm³/mol. The number of carbonyl (C=O) groups is 1. The Labute approximate surface area is 198 Å². The molecular formula is C27H38N2O4. The Bertz CT molecular complexity index is 901. The van der Waals surface area contributed by atoms with E-state index in [-0.39, 0.29) is 5.91 Å². The maximum atomic E-state index is 11.7. The van der Waals surface area contributed by atoms with Crippen molar-refractivity contribution in [2.75, 3.05) is 48.1 Å². The summed E-state index contributed by atoms with van der Waals surface area (Å²) >= 11 is 0. The highest BCUT2D eigenvalue weighted by molar-refractivity contribution is 6.15. The molecule has 2 rings (SSSR count). The smallest absolute Gasteiger partial charge is 0.243 e. The van der Waals surface area contributed by atoms with Crippen LogP contribution in [0.1, 0.15) is 38.3 Å². The standard InChI is InChI=1S/C23H28N2O3.C4H10O/c1-17(21-8-6-7-9-23(21)27-5)16-22(24-18(2)26)19-10-12-20(13-11-19)28-15-14-25(3)4;1-3-4-5-2/h6-13,16H,14-15H2,1-5H3;3-4H2,1-2H3/b17-16+,24-22?;. The zero-order chi connectivity index (χ0) is 24.6. The Morgan fingerprint density at radius 1 is 1.00 bits per heavy atom. The van der Waals surface area contributed by atoms with E-state index in [1.165, 1.54) is 6.92 Å². The fraction of sp³-hybridized carbons (Fsp3) is 0.407. The number of ether oxygens (including phenoxy) is 3. The van der Waals surface area contributed by atoms with Gasteiger partial charge in [-0.3, -0.25) is 4.79 Å². The van der Waals surface area contributed by atoms with Gasteiger partial charge in [-0.05, 0) is 69.4 Å². The van der Waals surface area contributed by atoms with Gasteiger partial charge in [0.05, 0.1) is 12.8 Å². The summed E-state index contributed by atoms with van der Waals surface area (Å²) in [4.78, 5) is 17.9. The molecule has 0 aliphatic heterocycles. The molecule has 0 saturated heterocycles. The molecule has 0 heterocycles. The number of likely N-dealkylation sites (N-methyl/N-ethyl adjacent to an activating group) is 1. The largest absolute Gasteiger partial charge is 0.496 e. The number of allylic oxidation sites excluding steroid dienone is 2. The Hall–Kier alpha value is -2.96. The van der Waals surface area contributed by atoms with Gasteiger partial charge < -0.3 is 19.1 Å². The van der Waals surface area contributed by atoms with Gasteiger partial charge in [0.2, 0.25) is 5.91 Å². The van der Waals surface area contributed by atoms with Crippen LogP contribution in [0.2, 0.25) is 0 Å². The van der Waals surface area contributed by atoms with Gasteiger partial charge in [0, 0.05) is 38.3 Å². The number of benzene rings is 2. The first-order chi connectivity index (χ1) is 15.8. The maximum Gasteiger partial charge on any atom is 0.243 e. The molecular weight excluding hydrogens is 416 g/mol. The first-order valence-electron chi connectivity index (χ1n) is 11.1. The molecule has 0 aliphatic carbocycles. The Morgan fingerprint density at radius 2 is 1.67 bits per heavy atom. The van der Waals surface area contributed by atoms with Crippen molar-refractivity contribution in [2.24, 2.45) is 4.99 Å². The zero-order valence-electron chi connectivity index (χ0n) is 21.1. The molecule has 0 unspecified atom stereocenters. The highest BCUT2D eigenvalue weighted by Crippen LogP contribution is 2.26.